The number of amides is 1. The van der Waals surface area contributed by atoms with Crippen LogP contribution in [0.5, 0.6) is 0 Å². The minimum absolute atomic E-state index is 0. The van der Waals surface area contributed by atoms with Gasteiger partial charge in [-0.3, -0.25) is 4.79 Å². The predicted molar refractivity (Wildman–Crippen MR) is 88.3 cm³/mol. The van der Waals surface area contributed by atoms with Crippen LogP contribution in [-0.4, -0.2) is 37.0 Å². The molecule has 0 bridgehead atoms. The van der Waals surface area contributed by atoms with E-state index in [2.05, 4.69) is 17.4 Å². The Morgan fingerprint density at radius 1 is 1.14 bits per heavy atom. The molecule has 0 spiro atoms. The van der Waals surface area contributed by atoms with Crippen molar-refractivity contribution >= 4 is 18.3 Å². The average Bonchev–Trinajstić information content (AvgIpc) is 2.77. The summed E-state index contributed by atoms with van der Waals surface area (Å²) in [6, 6.07) is 6.66. The van der Waals surface area contributed by atoms with E-state index in [4.69, 9.17) is 0 Å². The highest BCUT2D eigenvalue weighted by atomic mass is 35.5. The van der Waals surface area contributed by atoms with Crippen molar-refractivity contribution in [1.82, 2.24) is 10.2 Å². The third kappa shape index (κ3) is 3.58. The van der Waals surface area contributed by atoms with Gasteiger partial charge in [0.15, 0.2) is 0 Å². The first kappa shape index (κ1) is 16.3. The zero-order valence-electron chi connectivity index (χ0n) is 12.7. The summed E-state index contributed by atoms with van der Waals surface area (Å²) in [5.74, 6) is 0.187. The second-order valence-electron chi connectivity index (χ2n) is 6.09. The van der Waals surface area contributed by atoms with E-state index in [1.165, 1.54) is 24.0 Å². The molecule has 1 N–H and O–H groups in total. The van der Waals surface area contributed by atoms with Crippen molar-refractivity contribution in [2.75, 3.05) is 20.1 Å². The molecule has 1 atom stereocenters. The van der Waals surface area contributed by atoms with E-state index in [9.17, 15) is 4.79 Å². The zero-order chi connectivity index (χ0) is 13.9. The number of halogens is 1. The molecule has 0 saturated carbocycles. The number of nitrogens with zero attached hydrogens (tertiary/aromatic N) is 1. The molecule has 4 heteroatoms. The van der Waals surface area contributed by atoms with E-state index in [0.717, 1.165) is 44.3 Å². The Hall–Kier alpha value is -1.06. The Labute approximate surface area is 133 Å². The van der Waals surface area contributed by atoms with E-state index in [1.807, 2.05) is 18.0 Å². The highest BCUT2D eigenvalue weighted by molar-refractivity contribution is 5.94. The number of hydrogen-bond donors (Lipinski definition) is 1. The lowest BCUT2D eigenvalue weighted by atomic mass is 10.0. The third-order valence-corrected chi connectivity index (χ3v) is 4.76. The molecule has 1 aromatic rings. The second kappa shape index (κ2) is 7.28. The first-order valence-corrected chi connectivity index (χ1v) is 7.85. The van der Waals surface area contributed by atoms with Gasteiger partial charge in [0.2, 0.25) is 0 Å². The monoisotopic (exact) mass is 308 g/mol. The maximum Gasteiger partial charge on any atom is 0.253 e. The number of hydrogen-bond acceptors (Lipinski definition) is 2. The summed E-state index contributed by atoms with van der Waals surface area (Å²) in [5.41, 5.74) is 3.68. The number of benzene rings is 1. The zero-order valence-corrected chi connectivity index (χ0v) is 13.5. The minimum atomic E-state index is 0. The first-order valence-electron chi connectivity index (χ1n) is 7.85. The fourth-order valence-corrected chi connectivity index (χ4v) is 3.46. The van der Waals surface area contributed by atoms with Crippen LogP contribution < -0.4 is 5.32 Å². The van der Waals surface area contributed by atoms with Gasteiger partial charge in [0.25, 0.3) is 5.91 Å². The quantitative estimate of drug-likeness (QED) is 0.911. The maximum atomic E-state index is 12.7. The summed E-state index contributed by atoms with van der Waals surface area (Å²) in [4.78, 5) is 14.6. The summed E-state index contributed by atoms with van der Waals surface area (Å²) >= 11 is 0. The van der Waals surface area contributed by atoms with Gasteiger partial charge in [0.05, 0.1) is 0 Å². The van der Waals surface area contributed by atoms with Gasteiger partial charge in [-0.1, -0.05) is 6.07 Å². The van der Waals surface area contributed by atoms with Crippen LogP contribution >= 0.6 is 12.4 Å². The largest absolute Gasteiger partial charge is 0.339 e. The number of fused-ring (bicyclic) bond motifs is 1. The number of carbonyl (C=O) groups is 1. The van der Waals surface area contributed by atoms with Crippen LogP contribution in [0.3, 0.4) is 0 Å². The van der Waals surface area contributed by atoms with Crippen LogP contribution in [0, 0.1) is 0 Å². The molecule has 1 saturated heterocycles. The lowest BCUT2D eigenvalue weighted by Gasteiger charge is -2.27. The van der Waals surface area contributed by atoms with Gasteiger partial charge in [0.1, 0.15) is 0 Å². The number of carbonyl (C=O) groups excluding carboxylic acids is 1. The highest BCUT2D eigenvalue weighted by Gasteiger charge is 2.23. The lowest BCUT2D eigenvalue weighted by Crippen LogP contribution is -2.37. The van der Waals surface area contributed by atoms with Crippen molar-refractivity contribution in [3.8, 4) is 0 Å². The molecule has 3 nitrogen and oxygen atoms in total. The van der Waals surface area contributed by atoms with Crippen molar-refractivity contribution in [2.24, 2.45) is 0 Å². The van der Waals surface area contributed by atoms with Crippen LogP contribution in [0.1, 0.15) is 47.2 Å². The molecule has 2 aliphatic rings. The lowest BCUT2D eigenvalue weighted by molar-refractivity contribution is 0.0720. The molecule has 0 radical (unpaired) electrons. The molecule has 1 aliphatic carbocycles. The van der Waals surface area contributed by atoms with Crippen molar-refractivity contribution in [3.63, 3.8) is 0 Å². The van der Waals surface area contributed by atoms with Crippen LogP contribution in [0.2, 0.25) is 0 Å². The number of aryl methyl sites for hydroxylation is 2. The Morgan fingerprint density at radius 3 is 2.81 bits per heavy atom. The van der Waals surface area contributed by atoms with Crippen LogP contribution in [0.15, 0.2) is 18.2 Å². The Bertz CT molecular complexity index is 496. The van der Waals surface area contributed by atoms with E-state index in [0.29, 0.717) is 6.04 Å². The summed E-state index contributed by atoms with van der Waals surface area (Å²) in [6.07, 6.45) is 6.87. The van der Waals surface area contributed by atoms with Crippen LogP contribution in [-0.2, 0) is 12.8 Å². The van der Waals surface area contributed by atoms with Crippen molar-refractivity contribution in [3.05, 3.63) is 34.9 Å². The van der Waals surface area contributed by atoms with Gasteiger partial charge in [-0.2, -0.15) is 0 Å². The summed E-state index contributed by atoms with van der Waals surface area (Å²) in [7, 11) is 1.96. The van der Waals surface area contributed by atoms with Gasteiger partial charge in [-0.15, -0.1) is 12.4 Å². The number of nitrogens with one attached hydrogen (secondary N) is 1. The summed E-state index contributed by atoms with van der Waals surface area (Å²) in [5, 5.41) is 3.41. The van der Waals surface area contributed by atoms with Crippen LogP contribution in [0.4, 0.5) is 0 Å². The average molecular weight is 309 g/mol. The fourth-order valence-electron chi connectivity index (χ4n) is 3.46. The van der Waals surface area contributed by atoms with Crippen molar-refractivity contribution < 1.29 is 4.79 Å². The molecule has 116 valence electrons. The Morgan fingerprint density at radius 2 is 1.95 bits per heavy atom. The second-order valence-corrected chi connectivity index (χ2v) is 6.09. The van der Waals surface area contributed by atoms with E-state index in [1.54, 1.807) is 0 Å². The molecular weight excluding hydrogens is 284 g/mol. The van der Waals surface area contributed by atoms with Crippen molar-refractivity contribution in [2.45, 2.75) is 44.6 Å². The molecule has 21 heavy (non-hydrogen) atoms. The normalized spacial score (nSPS) is 21.1. The molecule has 1 fully saturated rings. The van der Waals surface area contributed by atoms with Gasteiger partial charge in [-0.05, 0) is 74.9 Å². The summed E-state index contributed by atoms with van der Waals surface area (Å²) in [6.45, 7) is 2.10. The molecule has 1 heterocycles. The molecule has 0 aromatic heterocycles. The first-order chi connectivity index (χ1) is 9.75. The molecule has 3 rings (SSSR count). The van der Waals surface area contributed by atoms with Crippen molar-refractivity contribution in [1.29, 1.82) is 0 Å². The minimum Gasteiger partial charge on any atom is -0.339 e. The van der Waals surface area contributed by atoms with Gasteiger partial charge in [-0.25, -0.2) is 0 Å². The third-order valence-electron chi connectivity index (χ3n) is 4.76. The molecular formula is C17H25ClN2O. The smallest absolute Gasteiger partial charge is 0.253 e. The molecule has 1 unspecified atom stereocenters. The fraction of sp³-hybridized carbons (Fsp3) is 0.588. The standard InChI is InChI=1S/C17H24N2O.ClH/c1-19(16-6-3-10-18-11-9-16)17(20)15-8-7-13-4-2-5-14(13)12-15;/h7-8,12,16,18H,2-6,9-11H2,1H3;1H. The SMILES string of the molecule is CN(C(=O)c1ccc2c(c1)CCC2)C1CCCNCC1.Cl. The Balaban J connectivity index is 0.00000161. The van der Waals surface area contributed by atoms with Crippen LogP contribution in [0.25, 0.3) is 0 Å². The molecule has 1 aliphatic heterocycles. The Kier molecular flexibility index (Phi) is 5.65. The maximum absolute atomic E-state index is 12.7. The predicted octanol–water partition coefficient (Wildman–Crippen LogP) is 2.81. The summed E-state index contributed by atoms with van der Waals surface area (Å²) < 4.78 is 0. The van der Waals surface area contributed by atoms with Gasteiger partial charge in [0, 0.05) is 18.7 Å². The topological polar surface area (TPSA) is 32.3 Å². The van der Waals surface area contributed by atoms with Gasteiger partial charge >= 0.3 is 0 Å². The van der Waals surface area contributed by atoms with E-state index >= 15 is 0 Å². The molecule has 1 aromatic carbocycles. The van der Waals surface area contributed by atoms with E-state index < -0.39 is 0 Å². The number of rotatable bonds is 2. The van der Waals surface area contributed by atoms with Gasteiger partial charge < -0.3 is 10.2 Å². The van der Waals surface area contributed by atoms with E-state index in [-0.39, 0.29) is 18.3 Å². The molecule has 1 amide bonds. The highest BCUT2D eigenvalue weighted by Crippen LogP contribution is 2.24.